The number of hydrogen-bond acceptors (Lipinski definition) is 3. The summed E-state index contributed by atoms with van der Waals surface area (Å²) in [6, 6.07) is 0. The molecule has 0 rings (SSSR count). The lowest BCUT2D eigenvalue weighted by atomic mass is 10.3. The smallest absolute Gasteiger partial charge is 0.157 e. The van der Waals surface area contributed by atoms with Crippen molar-refractivity contribution in [3.05, 3.63) is 0 Å². The average Bonchev–Trinajstić information content (AvgIpc) is 2.06. The van der Waals surface area contributed by atoms with Crippen molar-refractivity contribution in [2.45, 2.75) is 33.0 Å². The van der Waals surface area contributed by atoms with Crippen LogP contribution in [-0.4, -0.2) is 26.0 Å². The molecule has 0 heterocycles. The molecule has 0 spiro atoms. The van der Waals surface area contributed by atoms with Gasteiger partial charge in [0.25, 0.3) is 0 Å². The van der Waals surface area contributed by atoms with E-state index in [-0.39, 0.29) is 6.29 Å². The molecule has 1 unspecified atom stereocenters. The quantitative estimate of drug-likeness (QED) is 0.360. The highest BCUT2D eigenvalue weighted by molar-refractivity contribution is 7.13. The number of hydrogen-bond donors (Lipinski definition) is 1. The molecule has 0 bridgehead atoms. The third kappa shape index (κ3) is 6.99. The van der Waals surface area contributed by atoms with Crippen LogP contribution in [0.5, 0.6) is 0 Å². The van der Waals surface area contributed by atoms with Crippen LogP contribution in [0.3, 0.4) is 0 Å². The van der Waals surface area contributed by atoms with Crippen molar-refractivity contribution in [3.8, 4) is 0 Å². The Balaban J connectivity index is 3.34. The Bertz CT molecular complexity index is 87.1. The fourth-order valence-electron chi connectivity index (χ4n) is 0.957. The van der Waals surface area contributed by atoms with Gasteiger partial charge in [0.2, 0.25) is 0 Å². The van der Waals surface area contributed by atoms with Crippen molar-refractivity contribution < 1.29 is 9.47 Å². The summed E-state index contributed by atoms with van der Waals surface area (Å²) in [6.45, 7) is 6.40. The van der Waals surface area contributed by atoms with Crippen molar-refractivity contribution in [2.24, 2.45) is 0 Å². The summed E-state index contributed by atoms with van der Waals surface area (Å²) in [5, 5.41) is 3.01. The number of nitrogens with one attached hydrogen (secondary N) is 1. The zero-order valence-electron chi connectivity index (χ0n) is 8.01. The lowest BCUT2D eigenvalue weighted by Crippen LogP contribution is -2.18. The molecule has 0 aromatic rings. The number of rotatable bonds is 8. The van der Waals surface area contributed by atoms with Gasteiger partial charge in [-0.05, 0) is 33.2 Å². The molecule has 1 N–H and O–H groups in total. The van der Waals surface area contributed by atoms with Crippen LogP contribution < -0.4 is 5.09 Å². The van der Waals surface area contributed by atoms with E-state index in [1.165, 1.54) is 0 Å². The van der Waals surface area contributed by atoms with Gasteiger partial charge in [-0.25, -0.2) is 0 Å². The topological polar surface area (TPSA) is 30.5 Å². The van der Waals surface area contributed by atoms with Gasteiger partial charge in [0.15, 0.2) is 6.29 Å². The summed E-state index contributed by atoms with van der Waals surface area (Å²) in [5.74, 6) is 0. The van der Waals surface area contributed by atoms with Crippen molar-refractivity contribution in [3.63, 3.8) is 0 Å². The molecule has 74 valence electrons. The van der Waals surface area contributed by atoms with E-state index in [0.717, 1.165) is 32.6 Å². The standard InChI is InChI=1S/C8H20NO2P/c1-3-10-8(11-4-2)6-5-7-9-12/h8-9H,3-7,12H2,1-2H3. The van der Waals surface area contributed by atoms with Crippen LogP contribution in [0.15, 0.2) is 0 Å². The second-order valence-corrected chi connectivity index (χ2v) is 2.84. The molecule has 0 aromatic carbocycles. The molecule has 3 nitrogen and oxygen atoms in total. The van der Waals surface area contributed by atoms with Gasteiger partial charge in [-0.2, -0.15) is 0 Å². The second-order valence-electron chi connectivity index (χ2n) is 2.44. The zero-order chi connectivity index (χ0) is 9.23. The van der Waals surface area contributed by atoms with Crippen LogP contribution in [0.2, 0.25) is 0 Å². The van der Waals surface area contributed by atoms with Crippen LogP contribution >= 0.6 is 9.39 Å². The zero-order valence-corrected chi connectivity index (χ0v) is 9.16. The highest BCUT2D eigenvalue weighted by Gasteiger charge is 2.05. The predicted molar refractivity (Wildman–Crippen MR) is 54.0 cm³/mol. The van der Waals surface area contributed by atoms with Crippen LogP contribution in [0.25, 0.3) is 0 Å². The van der Waals surface area contributed by atoms with Crippen molar-refractivity contribution >= 4 is 9.39 Å². The lowest BCUT2D eigenvalue weighted by molar-refractivity contribution is -0.139. The summed E-state index contributed by atoms with van der Waals surface area (Å²) < 4.78 is 10.7. The van der Waals surface area contributed by atoms with E-state index in [9.17, 15) is 0 Å². The van der Waals surface area contributed by atoms with E-state index in [1.54, 1.807) is 0 Å². The molecule has 4 heteroatoms. The largest absolute Gasteiger partial charge is 0.353 e. The first kappa shape index (κ1) is 12.3. The molecule has 0 amide bonds. The third-order valence-electron chi connectivity index (χ3n) is 1.47. The molecular formula is C8H20NO2P. The maximum Gasteiger partial charge on any atom is 0.157 e. The molecule has 0 aliphatic rings. The molecule has 12 heavy (non-hydrogen) atoms. The van der Waals surface area contributed by atoms with E-state index in [4.69, 9.17) is 9.47 Å². The Morgan fingerprint density at radius 1 is 1.25 bits per heavy atom. The van der Waals surface area contributed by atoms with Gasteiger partial charge in [0.1, 0.15) is 0 Å². The second kappa shape index (κ2) is 9.40. The minimum absolute atomic E-state index is 0.0154. The van der Waals surface area contributed by atoms with Gasteiger partial charge in [0, 0.05) is 13.2 Å². The van der Waals surface area contributed by atoms with Crippen LogP contribution in [0.1, 0.15) is 26.7 Å². The van der Waals surface area contributed by atoms with E-state index >= 15 is 0 Å². The van der Waals surface area contributed by atoms with Crippen molar-refractivity contribution in [2.75, 3.05) is 19.8 Å². The summed E-state index contributed by atoms with van der Waals surface area (Å²) in [5.41, 5.74) is 0. The van der Waals surface area contributed by atoms with Gasteiger partial charge in [0.05, 0.1) is 0 Å². The Kier molecular flexibility index (Phi) is 9.64. The molecule has 0 saturated carbocycles. The molecule has 0 aliphatic carbocycles. The molecular weight excluding hydrogens is 173 g/mol. The van der Waals surface area contributed by atoms with E-state index in [2.05, 4.69) is 14.5 Å². The Morgan fingerprint density at radius 3 is 2.25 bits per heavy atom. The fraction of sp³-hybridized carbons (Fsp3) is 1.00. The lowest BCUT2D eigenvalue weighted by Gasteiger charge is -2.16. The van der Waals surface area contributed by atoms with Gasteiger partial charge in [-0.1, -0.05) is 9.39 Å². The summed E-state index contributed by atoms with van der Waals surface area (Å²) in [4.78, 5) is 0. The summed E-state index contributed by atoms with van der Waals surface area (Å²) in [6.07, 6.45) is 2.02. The van der Waals surface area contributed by atoms with Gasteiger partial charge < -0.3 is 14.6 Å². The number of ether oxygens (including phenoxy) is 2. The van der Waals surface area contributed by atoms with E-state index in [1.807, 2.05) is 13.8 Å². The van der Waals surface area contributed by atoms with Crippen LogP contribution in [0, 0.1) is 0 Å². The minimum atomic E-state index is -0.0154. The maximum atomic E-state index is 5.37. The summed E-state index contributed by atoms with van der Waals surface area (Å²) in [7, 11) is 2.48. The summed E-state index contributed by atoms with van der Waals surface area (Å²) >= 11 is 0. The molecule has 0 aliphatic heterocycles. The highest BCUT2D eigenvalue weighted by Crippen LogP contribution is 2.03. The van der Waals surface area contributed by atoms with Gasteiger partial charge in [-0.3, -0.25) is 0 Å². The molecule has 0 aromatic heterocycles. The monoisotopic (exact) mass is 193 g/mol. The van der Waals surface area contributed by atoms with Gasteiger partial charge >= 0.3 is 0 Å². The maximum absolute atomic E-state index is 5.37. The first-order chi connectivity index (χ1) is 5.85. The average molecular weight is 193 g/mol. The molecule has 0 radical (unpaired) electrons. The molecule has 0 saturated heterocycles. The third-order valence-corrected chi connectivity index (χ3v) is 1.75. The molecule has 0 fully saturated rings. The Labute approximate surface area is 77.5 Å². The van der Waals surface area contributed by atoms with E-state index in [0.29, 0.717) is 0 Å². The van der Waals surface area contributed by atoms with Crippen LogP contribution in [0.4, 0.5) is 0 Å². The fourth-order valence-corrected chi connectivity index (χ4v) is 1.16. The van der Waals surface area contributed by atoms with Crippen molar-refractivity contribution in [1.29, 1.82) is 0 Å². The predicted octanol–water partition coefficient (Wildman–Crippen LogP) is 1.55. The SMILES string of the molecule is CCOC(CCCNP)OCC. The Hall–Kier alpha value is 0.310. The van der Waals surface area contributed by atoms with E-state index < -0.39 is 0 Å². The normalized spacial score (nSPS) is 11.0. The first-order valence-corrected chi connectivity index (χ1v) is 5.09. The van der Waals surface area contributed by atoms with Gasteiger partial charge in [-0.15, -0.1) is 0 Å². The van der Waals surface area contributed by atoms with Crippen molar-refractivity contribution in [1.82, 2.24) is 5.09 Å². The van der Waals surface area contributed by atoms with Crippen LogP contribution in [-0.2, 0) is 9.47 Å². The highest BCUT2D eigenvalue weighted by atomic mass is 31.0. The molecule has 1 atom stereocenters. The first-order valence-electron chi connectivity index (χ1n) is 4.51. The Morgan fingerprint density at radius 2 is 1.83 bits per heavy atom. The minimum Gasteiger partial charge on any atom is -0.353 e.